The van der Waals surface area contributed by atoms with Crippen molar-refractivity contribution < 1.29 is 4.74 Å². The SMILES string of the molecule is CCOC1(c2nc(N)c(I)c(C(C)(C)C)n2)CCCCC1. The number of anilines is 1. The van der Waals surface area contributed by atoms with Crippen molar-refractivity contribution in [3.63, 3.8) is 0 Å². The average Bonchev–Trinajstić information content (AvgIpc) is 2.41. The summed E-state index contributed by atoms with van der Waals surface area (Å²) < 4.78 is 7.10. The Morgan fingerprint density at radius 2 is 1.81 bits per heavy atom. The molecule has 4 nitrogen and oxygen atoms in total. The molecule has 0 unspecified atom stereocenters. The van der Waals surface area contributed by atoms with E-state index in [0.29, 0.717) is 12.4 Å². The minimum Gasteiger partial charge on any atom is -0.383 e. The van der Waals surface area contributed by atoms with E-state index in [4.69, 9.17) is 15.5 Å². The molecule has 1 heterocycles. The van der Waals surface area contributed by atoms with Crippen LogP contribution < -0.4 is 5.73 Å². The average molecular weight is 403 g/mol. The molecule has 1 aromatic rings. The van der Waals surface area contributed by atoms with Gasteiger partial charge in [-0.25, -0.2) is 9.97 Å². The quantitative estimate of drug-likeness (QED) is 0.771. The number of rotatable bonds is 3. The number of halogens is 1. The van der Waals surface area contributed by atoms with Crippen molar-refractivity contribution in [2.45, 2.75) is 70.8 Å². The largest absolute Gasteiger partial charge is 0.383 e. The summed E-state index contributed by atoms with van der Waals surface area (Å²) in [6.45, 7) is 9.20. The molecule has 0 saturated heterocycles. The van der Waals surface area contributed by atoms with Crippen LogP contribution >= 0.6 is 22.6 Å². The third kappa shape index (κ3) is 3.50. The maximum atomic E-state index is 6.17. The van der Waals surface area contributed by atoms with E-state index in [1.807, 2.05) is 6.92 Å². The van der Waals surface area contributed by atoms with Crippen LogP contribution in [0, 0.1) is 3.57 Å². The van der Waals surface area contributed by atoms with E-state index in [0.717, 1.165) is 27.9 Å². The first-order valence-electron chi connectivity index (χ1n) is 7.78. The highest BCUT2D eigenvalue weighted by atomic mass is 127. The van der Waals surface area contributed by atoms with Gasteiger partial charge in [-0.2, -0.15) is 0 Å². The standard InChI is InChI=1S/C16H26IN3O/c1-5-21-16(9-7-6-8-10-16)14-19-12(15(2,3)4)11(17)13(18)20-14/h5-10H2,1-4H3,(H2,18,19,20). The first kappa shape index (κ1) is 16.9. The summed E-state index contributed by atoms with van der Waals surface area (Å²) in [7, 11) is 0. The lowest BCUT2D eigenvalue weighted by atomic mass is 9.83. The summed E-state index contributed by atoms with van der Waals surface area (Å²) in [6.07, 6.45) is 5.58. The lowest BCUT2D eigenvalue weighted by molar-refractivity contribution is -0.0768. The second-order valence-electron chi connectivity index (χ2n) is 6.83. The zero-order valence-corrected chi connectivity index (χ0v) is 15.7. The van der Waals surface area contributed by atoms with Crippen molar-refractivity contribution >= 4 is 28.4 Å². The molecule has 118 valence electrons. The van der Waals surface area contributed by atoms with Gasteiger partial charge in [-0.3, -0.25) is 0 Å². The van der Waals surface area contributed by atoms with Crippen LogP contribution in [0.25, 0.3) is 0 Å². The van der Waals surface area contributed by atoms with Gasteiger partial charge >= 0.3 is 0 Å². The van der Waals surface area contributed by atoms with Gasteiger partial charge in [-0.1, -0.05) is 40.0 Å². The number of hydrogen-bond donors (Lipinski definition) is 1. The lowest BCUT2D eigenvalue weighted by Crippen LogP contribution is -2.36. The molecule has 0 radical (unpaired) electrons. The number of nitrogen functional groups attached to an aromatic ring is 1. The van der Waals surface area contributed by atoms with Gasteiger partial charge in [0.1, 0.15) is 11.4 Å². The van der Waals surface area contributed by atoms with Gasteiger partial charge in [0.2, 0.25) is 0 Å². The number of aromatic nitrogens is 2. The summed E-state index contributed by atoms with van der Waals surface area (Å²) >= 11 is 2.25. The maximum absolute atomic E-state index is 6.17. The summed E-state index contributed by atoms with van der Waals surface area (Å²) in [4.78, 5) is 9.49. The monoisotopic (exact) mass is 403 g/mol. The molecular weight excluding hydrogens is 377 g/mol. The minimum atomic E-state index is -0.342. The van der Waals surface area contributed by atoms with Crippen molar-refractivity contribution in [3.05, 3.63) is 15.1 Å². The van der Waals surface area contributed by atoms with E-state index in [9.17, 15) is 0 Å². The Morgan fingerprint density at radius 1 is 1.19 bits per heavy atom. The predicted octanol–water partition coefficient (Wildman–Crippen LogP) is 4.16. The van der Waals surface area contributed by atoms with Gasteiger partial charge in [0.05, 0.1) is 9.26 Å². The third-order valence-corrected chi connectivity index (χ3v) is 5.14. The van der Waals surface area contributed by atoms with Crippen molar-refractivity contribution in [2.24, 2.45) is 0 Å². The Kier molecular flexibility index (Phi) is 5.13. The molecule has 0 bridgehead atoms. The molecule has 0 aromatic carbocycles. The lowest BCUT2D eigenvalue weighted by Gasteiger charge is -2.36. The summed E-state index contributed by atoms with van der Waals surface area (Å²) in [5, 5.41) is 0. The van der Waals surface area contributed by atoms with Crippen molar-refractivity contribution in [1.82, 2.24) is 9.97 Å². The van der Waals surface area contributed by atoms with Gasteiger partial charge in [-0.05, 0) is 42.4 Å². The molecule has 1 saturated carbocycles. The first-order valence-corrected chi connectivity index (χ1v) is 8.86. The van der Waals surface area contributed by atoms with Crippen LogP contribution in [0.15, 0.2) is 0 Å². The van der Waals surface area contributed by atoms with Crippen LogP contribution in [0.2, 0.25) is 0 Å². The Labute approximate surface area is 141 Å². The maximum Gasteiger partial charge on any atom is 0.162 e. The number of hydrogen-bond acceptors (Lipinski definition) is 4. The Hall–Kier alpha value is -0.430. The van der Waals surface area contributed by atoms with Crippen LogP contribution in [-0.4, -0.2) is 16.6 Å². The molecule has 1 aliphatic carbocycles. The number of nitrogens with two attached hydrogens (primary N) is 1. The van der Waals surface area contributed by atoms with E-state index in [1.54, 1.807) is 0 Å². The summed E-state index contributed by atoms with van der Waals surface area (Å²) in [5.41, 5.74) is 6.80. The summed E-state index contributed by atoms with van der Waals surface area (Å²) in [6, 6.07) is 0. The predicted molar refractivity (Wildman–Crippen MR) is 94.3 cm³/mol. The van der Waals surface area contributed by atoms with E-state index in [1.165, 1.54) is 19.3 Å². The van der Waals surface area contributed by atoms with Gasteiger partial charge in [0.25, 0.3) is 0 Å². The molecule has 5 heteroatoms. The summed E-state index contributed by atoms with van der Waals surface area (Å²) in [5.74, 6) is 1.36. The van der Waals surface area contributed by atoms with E-state index < -0.39 is 0 Å². The van der Waals surface area contributed by atoms with Gasteiger partial charge in [-0.15, -0.1) is 0 Å². The fourth-order valence-electron chi connectivity index (χ4n) is 3.00. The molecule has 2 rings (SSSR count). The Bertz CT molecular complexity index is 499. The highest BCUT2D eigenvalue weighted by molar-refractivity contribution is 14.1. The Morgan fingerprint density at radius 3 is 2.33 bits per heavy atom. The van der Waals surface area contributed by atoms with Crippen molar-refractivity contribution in [3.8, 4) is 0 Å². The van der Waals surface area contributed by atoms with Crippen LogP contribution in [-0.2, 0) is 15.8 Å². The van der Waals surface area contributed by atoms with Crippen LogP contribution in [0.5, 0.6) is 0 Å². The minimum absolute atomic E-state index is 0.0512. The molecule has 0 aliphatic heterocycles. The number of ether oxygens (including phenoxy) is 1. The van der Waals surface area contributed by atoms with Crippen molar-refractivity contribution in [2.75, 3.05) is 12.3 Å². The molecule has 0 amide bonds. The van der Waals surface area contributed by atoms with Gasteiger partial charge in [0, 0.05) is 12.0 Å². The normalized spacial score (nSPS) is 18.7. The van der Waals surface area contributed by atoms with E-state index >= 15 is 0 Å². The van der Waals surface area contributed by atoms with Crippen LogP contribution in [0.4, 0.5) is 5.82 Å². The van der Waals surface area contributed by atoms with Crippen molar-refractivity contribution in [1.29, 1.82) is 0 Å². The van der Waals surface area contributed by atoms with Crippen LogP contribution in [0.3, 0.4) is 0 Å². The first-order chi connectivity index (χ1) is 9.80. The zero-order valence-electron chi connectivity index (χ0n) is 13.5. The molecule has 1 fully saturated rings. The fraction of sp³-hybridized carbons (Fsp3) is 0.750. The molecule has 1 aromatic heterocycles. The fourth-order valence-corrected chi connectivity index (χ4v) is 4.05. The molecule has 0 atom stereocenters. The highest BCUT2D eigenvalue weighted by Gasteiger charge is 2.39. The number of nitrogens with zero attached hydrogens (tertiary/aromatic N) is 2. The Balaban J connectivity index is 2.53. The molecular formula is C16H26IN3O. The molecule has 21 heavy (non-hydrogen) atoms. The molecule has 2 N–H and O–H groups in total. The highest BCUT2D eigenvalue weighted by Crippen LogP contribution is 2.40. The van der Waals surface area contributed by atoms with E-state index in [-0.39, 0.29) is 11.0 Å². The smallest absolute Gasteiger partial charge is 0.162 e. The zero-order chi connectivity index (χ0) is 15.7. The van der Waals surface area contributed by atoms with E-state index in [2.05, 4.69) is 48.3 Å². The van der Waals surface area contributed by atoms with Gasteiger partial charge < -0.3 is 10.5 Å². The second-order valence-corrected chi connectivity index (χ2v) is 7.91. The van der Waals surface area contributed by atoms with Crippen LogP contribution in [0.1, 0.15) is 71.3 Å². The molecule has 0 spiro atoms. The second kappa shape index (κ2) is 6.36. The van der Waals surface area contributed by atoms with Gasteiger partial charge in [0.15, 0.2) is 5.82 Å². The topological polar surface area (TPSA) is 61.0 Å². The third-order valence-electron chi connectivity index (χ3n) is 4.08. The molecule has 1 aliphatic rings.